The zero-order chi connectivity index (χ0) is 18.6. The summed E-state index contributed by atoms with van der Waals surface area (Å²) in [4.78, 5) is 0.137. The van der Waals surface area contributed by atoms with E-state index in [0.29, 0.717) is 5.75 Å². The van der Waals surface area contributed by atoms with E-state index in [0.717, 1.165) is 22.4 Å². The van der Waals surface area contributed by atoms with Crippen LogP contribution in [0, 0.1) is 27.7 Å². The number of methoxy groups -OCH3 is 1. The van der Waals surface area contributed by atoms with Crippen LogP contribution in [-0.4, -0.2) is 28.7 Å². The second kappa shape index (κ2) is 7.89. The molecule has 0 aliphatic rings. The van der Waals surface area contributed by atoms with E-state index < -0.39 is 10.0 Å². The van der Waals surface area contributed by atoms with Gasteiger partial charge in [0, 0.05) is 6.54 Å². The van der Waals surface area contributed by atoms with Gasteiger partial charge in [-0.25, -0.2) is 13.1 Å². The number of aryl methyl sites for hydroxylation is 4. The molecule has 25 heavy (non-hydrogen) atoms. The lowest BCUT2D eigenvalue weighted by Crippen LogP contribution is -2.28. The molecule has 136 valence electrons. The Bertz CT molecular complexity index is 837. The highest BCUT2D eigenvalue weighted by molar-refractivity contribution is 7.89. The summed E-state index contributed by atoms with van der Waals surface area (Å²) < 4.78 is 38.5. The molecule has 0 spiro atoms. The molecule has 0 unspecified atom stereocenters. The van der Waals surface area contributed by atoms with Crippen LogP contribution in [0.1, 0.15) is 22.3 Å². The van der Waals surface area contributed by atoms with Gasteiger partial charge in [0.2, 0.25) is 10.0 Å². The minimum atomic E-state index is -3.66. The lowest BCUT2D eigenvalue weighted by Gasteiger charge is -2.14. The number of sulfonamides is 1. The molecule has 0 bridgehead atoms. The van der Waals surface area contributed by atoms with Crippen LogP contribution in [0.15, 0.2) is 35.2 Å². The Kier molecular flexibility index (Phi) is 6.08. The van der Waals surface area contributed by atoms with E-state index in [1.165, 1.54) is 12.7 Å². The summed E-state index contributed by atoms with van der Waals surface area (Å²) in [5.74, 6) is 1.13. The smallest absolute Gasteiger partial charge is 0.244 e. The quantitative estimate of drug-likeness (QED) is 0.767. The van der Waals surface area contributed by atoms with E-state index in [4.69, 9.17) is 9.47 Å². The van der Waals surface area contributed by atoms with Crippen LogP contribution < -0.4 is 14.2 Å². The molecule has 0 amide bonds. The first-order valence-corrected chi connectivity index (χ1v) is 9.58. The van der Waals surface area contributed by atoms with E-state index in [1.807, 2.05) is 45.9 Å². The normalized spacial score (nSPS) is 11.4. The maximum Gasteiger partial charge on any atom is 0.244 e. The Labute approximate surface area is 150 Å². The molecule has 0 aromatic heterocycles. The van der Waals surface area contributed by atoms with Gasteiger partial charge in [0.1, 0.15) is 23.0 Å². The molecule has 0 radical (unpaired) electrons. The van der Waals surface area contributed by atoms with Crippen LogP contribution in [-0.2, 0) is 10.0 Å². The average Bonchev–Trinajstić information content (AvgIpc) is 2.53. The molecular formula is C19H25NO4S. The molecule has 6 heteroatoms. The van der Waals surface area contributed by atoms with Gasteiger partial charge in [-0.1, -0.05) is 23.8 Å². The number of nitrogens with one attached hydrogen (secondary N) is 1. The van der Waals surface area contributed by atoms with Crippen molar-refractivity contribution in [2.75, 3.05) is 20.3 Å². The lowest BCUT2D eigenvalue weighted by atomic mass is 10.1. The molecule has 2 aromatic rings. The summed E-state index contributed by atoms with van der Waals surface area (Å²) in [6.45, 7) is 8.26. The molecule has 0 fully saturated rings. The van der Waals surface area contributed by atoms with E-state index in [1.54, 1.807) is 12.1 Å². The van der Waals surface area contributed by atoms with Crippen LogP contribution >= 0.6 is 0 Å². The Morgan fingerprint density at radius 2 is 1.60 bits per heavy atom. The summed E-state index contributed by atoms with van der Waals surface area (Å²) in [7, 11) is -2.21. The zero-order valence-corrected chi connectivity index (χ0v) is 16.2. The van der Waals surface area contributed by atoms with Gasteiger partial charge in [0.05, 0.1) is 7.11 Å². The average molecular weight is 363 g/mol. The summed E-state index contributed by atoms with van der Waals surface area (Å²) >= 11 is 0. The predicted octanol–water partition coefficient (Wildman–Crippen LogP) is 3.29. The number of ether oxygens (including phenoxy) is 2. The summed E-state index contributed by atoms with van der Waals surface area (Å²) in [6, 6.07) is 9.15. The lowest BCUT2D eigenvalue weighted by molar-refractivity contribution is 0.318. The Morgan fingerprint density at radius 1 is 0.960 bits per heavy atom. The summed E-state index contributed by atoms with van der Waals surface area (Å²) in [6.07, 6.45) is 0. The molecule has 0 heterocycles. The SMILES string of the molecule is COc1ccc(C)cc1S(=O)(=O)NCCOc1c(C)cc(C)cc1C. The minimum absolute atomic E-state index is 0.137. The molecule has 2 rings (SSSR count). The topological polar surface area (TPSA) is 64.6 Å². The van der Waals surface area contributed by atoms with E-state index in [-0.39, 0.29) is 18.0 Å². The molecule has 0 saturated heterocycles. The van der Waals surface area contributed by atoms with Crippen LogP contribution in [0.2, 0.25) is 0 Å². The van der Waals surface area contributed by atoms with Gasteiger partial charge in [-0.3, -0.25) is 0 Å². The van der Waals surface area contributed by atoms with Gasteiger partial charge < -0.3 is 9.47 Å². The highest BCUT2D eigenvalue weighted by Gasteiger charge is 2.19. The largest absolute Gasteiger partial charge is 0.495 e. The number of rotatable bonds is 7. The van der Waals surface area contributed by atoms with Gasteiger partial charge in [-0.15, -0.1) is 0 Å². The number of hydrogen-bond donors (Lipinski definition) is 1. The summed E-state index contributed by atoms with van der Waals surface area (Å²) in [5.41, 5.74) is 4.11. The van der Waals surface area contributed by atoms with Crippen LogP contribution in [0.5, 0.6) is 11.5 Å². The van der Waals surface area contributed by atoms with Crippen LogP contribution in [0.25, 0.3) is 0 Å². The van der Waals surface area contributed by atoms with E-state index >= 15 is 0 Å². The predicted molar refractivity (Wildman–Crippen MR) is 99.1 cm³/mol. The minimum Gasteiger partial charge on any atom is -0.495 e. The highest BCUT2D eigenvalue weighted by Crippen LogP contribution is 2.25. The molecule has 5 nitrogen and oxygen atoms in total. The van der Waals surface area contributed by atoms with E-state index in [2.05, 4.69) is 4.72 Å². The molecule has 2 aromatic carbocycles. The van der Waals surface area contributed by atoms with Crippen molar-refractivity contribution in [3.05, 3.63) is 52.6 Å². The maximum atomic E-state index is 12.5. The van der Waals surface area contributed by atoms with Crippen LogP contribution in [0.4, 0.5) is 0 Å². The van der Waals surface area contributed by atoms with Crippen molar-refractivity contribution in [1.82, 2.24) is 4.72 Å². The van der Waals surface area contributed by atoms with Crippen molar-refractivity contribution in [2.45, 2.75) is 32.6 Å². The molecular weight excluding hydrogens is 338 g/mol. The second-order valence-electron chi connectivity index (χ2n) is 6.13. The molecule has 0 aliphatic heterocycles. The van der Waals surface area contributed by atoms with Crippen molar-refractivity contribution >= 4 is 10.0 Å². The number of hydrogen-bond acceptors (Lipinski definition) is 4. The molecule has 0 saturated carbocycles. The monoisotopic (exact) mass is 363 g/mol. The van der Waals surface area contributed by atoms with Gasteiger partial charge in [0.25, 0.3) is 0 Å². The van der Waals surface area contributed by atoms with Crippen molar-refractivity contribution in [1.29, 1.82) is 0 Å². The zero-order valence-electron chi connectivity index (χ0n) is 15.3. The highest BCUT2D eigenvalue weighted by atomic mass is 32.2. The fourth-order valence-corrected chi connectivity index (χ4v) is 4.06. The first-order valence-electron chi connectivity index (χ1n) is 8.09. The third-order valence-corrected chi connectivity index (χ3v) is 5.34. The third kappa shape index (κ3) is 4.74. The Hall–Kier alpha value is -2.05. The first kappa shape index (κ1) is 19.3. The van der Waals surface area contributed by atoms with Gasteiger partial charge in [0.15, 0.2) is 0 Å². The van der Waals surface area contributed by atoms with Crippen molar-refractivity contribution in [3.8, 4) is 11.5 Å². The third-order valence-electron chi connectivity index (χ3n) is 3.85. The maximum absolute atomic E-state index is 12.5. The number of benzene rings is 2. The van der Waals surface area contributed by atoms with Crippen LogP contribution in [0.3, 0.4) is 0 Å². The van der Waals surface area contributed by atoms with Crippen molar-refractivity contribution < 1.29 is 17.9 Å². The van der Waals surface area contributed by atoms with Gasteiger partial charge >= 0.3 is 0 Å². The van der Waals surface area contributed by atoms with Crippen molar-refractivity contribution in [2.24, 2.45) is 0 Å². The van der Waals surface area contributed by atoms with Gasteiger partial charge in [-0.05, 0) is 56.5 Å². The molecule has 1 N–H and O–H groups in total. The fraction of sp³-hybridized carbons (Fsp3) is 0.368. The second-order valence-corrected chi connectivity index (χ2v) is 7.86. The fourth-order valence-electron chi connectivity index (χ4n) is 2.80. The van der Waals surface area contributed by atoms with E-state index in [9.17, 15) is 8.42 Å². The summed E-state index contributed by atoms with van der Waals surface area (Å²) in [5, 5.41) is 0. The first-order chi connectivity index (χ1) is 11.7. The van der Waals surface area contributed by atoms with Gasteiger partial charge in [-0.2, -0.15) is 0 Å². The molecule has 0 atom stereocenters. The molecule has 0 aliphatic carbocycles. The Balaban J connectivity index is 2.03. The standard InChI is InChI=1S/C19H25NO4S/c1-13-6-7-17(23-5)18(12-13)25(21,22)20-8-9-24-19-15(3)10-14(2)11-16(19)4/h6-7,10-12,20H,8-9H2,1-5H3. The van der Waals surface area contributed by atoms with Crippen molar-refractivity contribution in [3.63, 3.8) is 0 Å². The Morgan fingerprint density at radius 3 is 2.20 bits per heavy atom.